The van der Waals surface area contributed by atoms with Gasteiger partial charge in [0.2, 0.25) is 11.5 Å². The molecule has 9 heteroatoms. The summed E-state index contributed by atoms with van der Waals surface area (Å²) in [6.07, 6.45) is 0. The summed E-state index contributed by atoms with van der Waals surface area (Å²) in [7, 11) is 4.29. The molecule has 0 spiro atoms. The zero-order valence-electron chi connectivity index (χ0n) is 22.4. The van der Waals surface area contributed by atoms with Crippen LogP contribution in [0.2, 0.25) is 0 Å². The Morgan fingerprint density at radius 2 is 1.22 bits per heavy atom. The van der Waals surface area contributed by atoms with E-state index in [0.717, 1.165) is 0 Å². The van der Waals surface area contributed by atoms with Gasteiger partial charge in [-0.2, -0.15) is 0 Å². The van der Waals surface area contributed by atoms with Gasteiger partial charge < -0.3 is 28.8 Å². The molecule has 0 saturated carbocycles. The quantitative estimate of drug-likeness (QED) is 0.130. The fourth-order valence-electron chi connectivity index (χ4n) is 4.15. The van der Waals surface area contributed by atoms with Gasteiger partial charge in [0.05, 0.1) is 44.1 Å². The molecule has 0 saturated heterocycles. The highest BCUT2D eigenvalue weighted by molar-refractivity contribution is 5.96. The number of rotatable bonds is 8. The smallest absolute Gasteiger partial charge is 0.402 e. The standard InChI is InChI=1S/C32H24O9/c1-36-22-16-25-23(26(17-22)40-31(34)19-10-6-4-7-11-19)18-24(33)29(39-25)21-14-27(37-2)30(28(15-21)38-3)41-32(35)20-12-8-5-9-13-20/h4-18H,1-3H3/p+1. The van der Waals surface area contributed by atoms with Crippen molar-refractivity contribution in [1.82, 2.24) is 0 Å². The molecule has 0 aliphatic carbocycles. The number of methoxy groups -OCH3 is 3. The topological polar surface area (TPSA) is 112 Å². The predicted octanol–water partition coefficient (Wildman–Crippen LogP) is 6.55. The minimum absolute atomic E-state index is 0.0589. The number of carbonyl (C=O) groups excluding carboxylic acids is 2. The Morgan fingerprint density at radius 1 is 0.659 bits per heavy atom. The largest absolute Gasteiger partial charge is 0.500 e. The summed E-state index contributed by atoms with van der Waals surface area (Å²) in [4.78, 5) is 25.5. The van der Waals surface area contributed by atoms with Crippen LogP contribution in [-0.2, 0) is 0 Å². The van der Waals surface area contributed by atoms with E-state index in [-0.39, 0.29) is 40.1 Å². The maximum Gasteiger partial charge on any atom is 0.402 e. The van der Waals surface area contributed by atoms with Gasteiger partial charge in [-0.25, -0.2) is 14.0 Å². The maximum atomic E-state index is 12.8. The second kappa shape index (κ2) is 11.7. The SMILES string of the molecule is COc1cc(OC(=O)c2ccccc2)c2cc(O)c(-c3cc(OC)c(OC(=O)c4ccccc4)c(OC)c3)[o+]c2c1. The fraction of sp³-hybridized carbons (Fsp3) is 0.0938. The summed E-state index contributed by atoms with van der Waals surface area (Å²) in [6, 6.07) is 24.6. The molecule has 5 rings (SSSR count). The second-order valence-corrected chi connectivity index (χ2v) is 8.72. The van der Waals surface area contributed by atoms with E-state index >= 15 is 0 Å². The monoisotopic (exact) mass is 553 g/mol. The minimum Gasteiger partial charge on any atom is -0.500 e. The molecule has 0 bridgehead atoms. The lowest BCUT2D eigenvalue weighted by molar-refractivity contribution is 0.0719. The van der Waals surface area contributed by atoms with Gasteiger partial charge in [-0.3, -0.25) is 0 Å². The normalized spacial score (nSPS) is 10.6. The molecule has 1 aromatic heterocycles. The zero-order valence-corrected chi connectivity index (χ0v) is 22.4. The van der Waals surface area contributed by atoms with Crippen LogP contribution in [0.3, 0.4) is 0 Å². The van der Waals surface area contributed by atoms with Crippen LogP contribution in [0.4, 0.5) is 0 Å². The van der Waals surface area contributed by atoms with Crippen molar-refractivity contribution < 1.29 is 42.8 Å². The number of carbonyl (C=O) groups is 2. The molecule has 0 atom stereocenters. The summed E-state index contributed by atoms with van der Waals surface area (Å²) in [5, 5.41) is 11.4. The van der Waals surface area contributed by atoms with Gasteiger partial charge in [0.1, 0.15) is 11.1 Å². The highest BCUT2D eigenvalue weighted by Crippen LogP contribution is 2.45. The molecule has 1 N–H and O–H groups in total. The number of aromatic hydroxyl groups is 1. The predicted molar refractivity (Wildman–Crippen MR) is 150 cm³/mol. The third-order valence-corrected chi connectivity index (χ3v) is 6.18. The van der Waals surface area contributed by atoms with E-state index in [1.165, 1.54) is 45.6 Å². The van der Waals surface area contributed by atoms with Gasteiger partial charge in [-0.1, -0.05) is 36.4 Å². The third kappa shape index (κ3) is 5.60. The fourth-order valence-corrected chi connectivity index (χ4v) is 4.15. The first-order valence-corrected chi connectivity index (χ1v) is 12.4. The molecule has 0 aliphatic heterocycles. The third-order valence-electron chi connectivity index (χ3n) is 6.18. The number of ether oxygens (including phenoxy) is 5. The Bertz CT molecular complexity index is 1710. The zero-order chi connectivity index (χ0) is 28.9. The molecular formula is C32H25O9+. The van der Waals surface area contributed by atoms with Crippen molar-refractivity contribution >= 4 is 22.9 Å². The Morgan fingerprint density at radius 3 is 1.76 bits per heavy atom. The number of esters is 2. The van der Waals surface area contributed by atoms with Crippen LogP contribution < -0.4 is 23.7 Å². The van der Waals surface area contributed by atoms with Crippen molar-refractivity contribution in [3.8, 4) is 45.8 Å². The summed E-state index contributed by atoms with van der Waals surface area (Å²) in [5.41, 5.74) is 1.34. The van der Waals surface area contributed by atoms with Crippen molar-refractivity contribution in [2.75, 3.05) is 21.3 Å². The van der Waals surface area contributed by atoms with Crippen molar-refractivity contribution in [2.45, 2.75) is 0 Å². The molecule has 1 heterocycles. The Hall–Kier alpha value is -5.57. The van der Waals surface area contributed by atoms with E-state index in [9.17, 15) is 14.7 Å². The Balaban J connectivity index is 1.56. The van der Waals surface area contributed by atoms with Gasteiger partial charge in [0, 0.05) is 24.3 Å². The summed E-state index contributed by atoms with van der Waals surface area (Å²) in [5.74, 6) is -0.477. The van der Waals surface area contributed by atoms with Crippen LogP contribution in [0.15, 0.2) is 95.4 Å². The van der Waals surface area contributed by atoms with Crippen molar-refractivity contribution in [2.24, 2.45) is 0 Å². The van der Waals surface area contributed by atoms with Crippen LogP contribution in [0, 0.1) is 0 Å². The molecular weight excluding hydrogens is 528 g/mol. The average molecular weight is 554 g/mol. The second-order valence-electron chi connectivity index (χ2n) is 8.72. The van der Waals surface area contributed by atoms with Crippen molar-refractivity contribution in [1.29, 1.82) is 0 Å². The molecule has 0 aliphatic rings. The molecule has 206 valence electrons. The number of hydrogen-bond acceptors (Lipinski definition) is 8. The number of fused-ring (bicyclic) bond motifs is 1. The molecule has 4 aromatic carbocycles. The Kier molecular flexibility index (Phi) is 7.69. The number of benzene rings is 4. The van der Waals surface area contributed by atoms with E-state index in [0.29, 0.717) is 27.8 Å². The molecule has 0 radical (unpaired) electrons. The molecule has 5 aromatic rings. The molecule has 0 amide bonds. The lowest BCUT2D eigenvalue weighted by Gasteiger charge is -2.14. The Labute approximate surface area is 235 Å². The van der Waals surface area contributed by atoms with Gasteiger partial charge in [0.15, 0.2) is 17.2 Å². The van der Waals surface area contributed by atoms with Crippen LogP contribution in [0.1, 0.15) is 20.7 Å². The van der Waals surface area contributed by atoms with E-state index < -0.39 is 11.9 Å². The van der Waals surface area contributed by atoms with Crippen molar-refractivity contribution in [3.05, 3.63) is 102 Å². The number of hydrogen-bond donors (Lipinski definition) is 1. The van der Waals surface area contributed by atoms with E-state index in [1.54, 1.807) is 66.7 Å². The van der Waals surface area contributed by atoms with E-state index in [2.05, 4.69) is 0 Å². The first-order valence-electron chi connectivity index (χ1n) is 12.4. The lowest BCUT2D eigenvalue weighted by Crippen LogP contribution is -2.10. The van der Waals surface area contributed by atoms with Crippen LogP contribution in [-0.4, -0.2) is 38.4 Å². The summed E-state index contributed by atoms with van der Waals surface area (Å²) < 4.78 is 33.7. The molecule has 9 nitrogen and oxygen atoms in total. The van der Waals surface area contributed by atoms with E-state index in [1.807, 2.05) is 0 Å². The first-order chi connectivity index (χ1) is 19.9. The molecule has 41 heavy (non-hydrogen) atoms. The van der Waals surface area contributed by atoms with Crippen LogP contribution in [0.25, 0.3) is 22.3 Å². The minimum atomic E-state index is -0.599. The first kappa shape index (κ1) is 27.0. The van der Waals surface area contributed by atoms with Gasteiger partial charge in [0.25, 0.3) is 0 Å². The average Bonchev–Trinajstić information content (AvgIpc) is 3.01. The summed E-state index contributed by atoms with van der Waals surface area (Å²) in [6.45, 7) is 0. The highest BCUT2D eigenvalue weighted by atomic mass is 16.6. The van der Waals surface area contributed by atoms with Crippen LogP contribution in [0.5, 0.6) is 34.5 Å². The van der Waals surface area contributed by atoms with Gasteiger partial charge in [-0.05, 0) is 24.3 Å². The summed E-state index contributed by atoms with van der Waals surface area (Å²) >= 11 is 0. The van der Waals surface area contributed by atoms with Gasteiger partial charge in [-0.15, -0.1) is 0 Å². The van der Waals surface area contributed by atoms with Crippen LogP contribution >= 0.6 is 0 Å². The maximum absolute atomic E-state index is 12.8. The molecule has 0 unspecified atom stereocenters. The lowest BCUT2D eigenvalue weighted by atomic mass is 10.1. The molecule has 0 fully saturated rings. The highest BCUT2D eigenvalue weighted by Gasteiger charge is 2.29. The van der Waals surface area contributed by atoms with Crippen molar-refractivity contribution in [3.63, 3.8) is 0 Å². The van der Waals surface area contributed by atoms with Gasteiger partial charge >= 0.3 is 23.3 Å². The van der Waals surface area contributed by atoms with E-state index in [4.69, 9.17) is 28.1 Å².